The van der Waals surface area contributed by atoms with E-state index in [-0.39, 0.29) is 0 Å². The first-order chi connectivity index (χ1) is 9.76. The van der Waals surface area contributed by atoms with Gasteiger partial charge in [-0.2, -0.15) is 0 Å². The molecule has 2 saturated carbocycles. The number of fused-ring (bicyclic) bond motifs is 2. The molecule has 2 fully saturated rings. The Hall–Kier alpha value is -0.123. The van der Waals surface area contributed by atoms with Gasteiger partial charge in [-0.05, 0) is 51.9 Å². The first kappa shape index (κ1) is 14.8. The van der Waals surface area contributed by atoms with Crippen molar-refractivity contribution in [3.63, 3.8) is 0 Å². The van der Waals surface area contributed by atoms with Crippen LogP contribution >= 0.6 is 0 Å². The molecule has 0 saturated heterocycles. The highest BCUT2D eigenvalue weighted by molar-refractivity contribution is 6.73. The molecule has 2 atom stereocenters. The SMILES string of the molecule is CCO[Si](OCC)(C1CCCCC1)C12C=CC(CC1)C2. The maximum Gasteiger partial charge on any atom is 0.351 e. The Labute approximate surface area is 125 Å². The second-order valence-corrected chi connectivity index (χ2v) is 10.6. The Morgan fingerprint density at radius 3 is 2.20 bits per heavy atom. The van der Waals surface area contributed by atoms with Crippen LogP contribution in [0.2, 0.25) is 10.6 Å². The lowest BCUT2D eigenvalue weighted by Crippen LogP contribution is -2.56. The van der Waals surface area contributed by atoms with Gasteiger partial charge in [0.1, 0.15) is 0 Å². The molecule has 3 heteroatoms. The summed E-state index contributed by atoms with van der Waals surface area (Å²) in [7, 11) is -2.16. The molecular formula is C17H30O2Si. The predicted molar refractivity (Wildman–Crippen MR) is 85.0 cm³/mol. The average molecular weight is 295 g/mol. The van der Waals surface area contributed by atoms with Gasteiger partial charge in [-0.25, -0.2) is 0 Å². The van der Waals surface area contributed by atoms with Gasteiger partial charge in [0, 0.05) is 23.8 Å². The van der Waals surface area contributed by atoms with E-state index in [0.29, 0.717) is 5.04 Å². The van der Waals surface area contributed by atoms with Crippen LogP contribution in [0.5, 0.6) is 0 Å². The smallest absolute Gasteiger partial charge is 0.351 e. The molecule has 0 amide bonds. The van der Waals surface area contributed by atoms with Crippen LogP contribution in [0, 0.1) is 5.92 Å². The molecule has 0 heterocycles. The predicted octanol–water partition coefficient (Wildman–Crippen LogP) is 4.95. The second-order valence-electron chi connectivity index (χ2n) is 6.89. The highest BCUT2D eigenvalue weighted by Crippen LogP contribution is 2.65. The van der Waals surface area contributed by atoms with Crippen LogP contribution in [0.15, 0.2) is 12.2 Å². The van der Waals surface area contributed by atoms with Crippen LogP contribution in [-0.2, 0) is 8.85 Å². The van der Waals surface area contributed by atoms with Gasteiger partial charge < -0.3 is 8.85 Å². The average Bonchev–Trinajstić information content (AvgIpc) is 3.10. The maximum atomic E-state index is 6.58. The van der Waals surface area contributed by atoms with Crippen molar-refractivity contribution in [1.29, 1.82) is 0 Å². The quantitative estimate of drug-likeness (QED) is 0.510. The molecule has 3 aliphatic rings. The minimum atomic E-state index is -2.16. The van der Waals surface area contributed by atoms with Gasteiger partial charge >= 0.3 is 8.56 Å². The number of hydrogen-bond acceptors (Lipinski definition) is 2. The Morgan fingerprint density at radius 2 is 1.75 bits per heavy atom. The van der Waals surface area contributed by atoms with Crippen molar-refractivity contribution in [2.45, 2.75) is 75.8 Å². The third-order valence-electron chi connectivity index (χ3n) is 5.83. The van der Waals surface area contributed by atoms with Crippen molar-refractivity contribution in [1.82, 2.24) is 0 Å². The summed E-state index contributed by atoms with van der Waals surface area (Å²) in [6, 6.07) is 0. The summed E-state index contributed by atoms with van der Waals surface area (Å²) in [4.78, 5) is 0. The lowest BCUT2D eigenvalue weighted by Gasteiger charge is -2.48. The van der Waals surface area contributed by atoms with E-state index < -0.39 is 8.56 Å². The highest BCUT2D eigenvalue weighted by atomic mass is 28.4. The number of hydrogen-bond donors (Lipinski definition) is 0. The lowest BCUT2D eigenvalue weighted by molar-refractivity contribution is 0.142. The molecule has 0 aliphatic heterocycles. The Bertz CT molecular complexity index is 356. The van der Waals surface area contributed by atoms with Crippen molar-refractivity contribution < 1.29 is 8.85 Å². The molecule has 0 radical (unpaired) electrons. The van der Waals surface area contributed by atoms with E-state index in [1.54, 1.807) is 0 Å². The first-order valence-corrected chi connectivity index (χ1v) is 10.6. The van der Waals surface area contributed by atoms with Crippen LogP contribution in [0.4, 0.5) is 0 Å². The highest BCUT2D eigenvalue weighted by Gasteiger charge is 2.64. The van der Waals surface area contributed by atoms with E-state index in [1.807, 2.05) is 0 Å². The summed E-state index contributed by atoms with van der Waals surface area (Å²) < 4.78 is 13.2. The van der Waals surface area contributed by atoms with Crippen LogP contribution in [0.25, 0.3) is 0 Å². The molecule has 0 N–H and O–H groups in total. The fraction of sp³-hybridized carbons (Fsp3) is 0.882. The van der Waals surface area contributed by atoms with Gasteiger partial charge in [0.15, 0.2) is 0 Å². The Balaban J connectivity index is 1.94. The van der Waals surface area contributed by atoms with Crippen LogP contribution < -0.4 is 0 Å². The van der Waals surface area contributed by atoms with E-state index in [1.165, 1.54) is 51.4 Å². The number of allylic oxidation sites excluding steroid dienone is 2. The zero-order chi connectivity index (χ0) is 14.1. The second kappa shape index (κ2) is 5.94. The monoisotopic (exact) mass is 294 g/mol. The molecule has 2 bridgehead atoms. The van der Waals surface area contributed by atoms with E-state index >= 15 is 0 Å². The summed E-state index contributed by atoms with van der Waals surface area (Å²) in [6.45, 7) is 5.96. The normalized spacial score (nSPS) is 34.0. The van der Waals surface area contributed by atoms with Gasteiger partial charge in [-0.1, -0.05) is 31.4 Å². The van der Waals surface area contributed by atoms with E-state index in [0.717, 1.165) is 24.7 Å². The summed E-state index contributed by atoms with van der Waals surface area (Å²) in [6.07, 6.45) is 15.8. The molecule has 0 aromatic carbocycles. The minimum absolute atomic E-state index is 0.297. The maximum absolute atomic E-state index is 6.58. The van der Waals surface area contributed by atoms with E-state index in [9.17, 15) is 0 Å². The summed E-state index contributed by atoms with van der Waals surface area (Å²) in [5, 5.41) is 0.297. The molecule has 0 aromatic heterocycles. The third kappa shape index (κ3) is 2.22. The molecule has 3 aliphatic carbocycles. The molecule has 114 valence electrons. The summed E-state index contributed by atoms with van der Waals surface area (Å²) in [5.41, 5.74) is 0.720. The van der Waals surface area contributed by atoms with Crippen LogP contribution in [0.3, 0.4) is 0 Å². The zero-order valence-electron chi connectivity index (χ0n) is 13.2. The molecular weight excluding hydrogens is 264 g/mol. The summed E-state index contributed by atoms with van der Waals surface area (Å²) >= 11 is 0. The zero-order valence-corrected chi connectivity index (χ0v) is 14.2. The van der Waals surface area contributed by atoms with Crippen molar-refractivity contribution in [2.24, 2.45) is 5.92 Å². The standard InChI is InChI=1S/C17H30O2Si/c1-3-18-20(19-4-2,16-8-6-5-7-9-16)17-12-10-15(14-17)11-13-17/h10,12,15-16H,3-9,11,13-14H2,1-2H3. The fourth-order valence-electron chi connectivity index (χ4n) is 5.07. The fourth-order valence-corrected chi connectivity index (χ4v) is 10.4. The van der Waals surface area contributed by atoms with E-state index in [2.05, 4.69) is 26.0 Å². The van der Waals surface area contributed by atoms with Gasteiger partial charge in [0.25, 0.3) is 0 Å². The van der Waals surface area contributed by atoms with Crippen LogP contribution in [-0.4, -0.2) is 21.8 Å². The molecule has 2 unspecified atom stereocenters. The van der Waals surface area contributed by atoms with Gasteiger partial charge in [-0.3, -0.25) is 0 Å². The van der Waals surface area contributed by atoms with Crippen LogP contribution in [0.1, 0.15) is 65.2 Å². The molecule has 20 heavy (non-hydrogen) atoms. The van der Waals surface area contributed by atoms with Gasteiger partial charge in [-0.15, -0.1) is 0 Å². The Morgan fingerprint density at radius 1 is 1.05 bits per heavy atom. The number of rotatable bonds is 6. The molecule has 0 aromatic rings. The topological polar surface area (TPSA) is 18.5 Å². The van der Waals surface area contributed by atoms with Crippen molar-refractivity contribution in [3.8, 4) is 0 Å². The van der Waals surface area contributed by atoms with Gasteiger partial charge in [0.05, 0.1) is 0 Å². The van der Waals surface area contributed by atoms with Crippen molar-refractivity contribution in [3.05, 3.63) is 12.2 Å². The minimum Gasteiger partial charge on any atom is -0.394 e. The first-order valence-electron chi connectivity index (χ1n) is 8.73. The van der Waals surface area contributed by atoms with E-state index in [4.69, 9.17) is 8.85 Å². The Kier molecular flexibility index (Phi) is 4.39. The lowest BCUT2D eigenvalue weighted by atomic mass is 10.00. The van der Waals surface area contributed by atoms with Crippen molar-refractivity contribution >= 4 is 8.56 Å². The third-order valence-corrected chi connectivity index (χ3v) is 10.9. The van der Waals surface area contributed by atoms with Gasteiger partial charge in [0.2, 0.25) is 0 Å². The summed E-state index contributed by atoms with van der Waals surface area (Å²) in [5.74, 6) is 0.811. The molecule has 0 spiro atoms. The molecule has 2 nitrogen and oxygen atoms in total. The van der Waals surface area contributed by atoms with Crippen molar-refractivity contribution in [2.75, 3.05) is 13.2 Å². The molecule has 3 rings (SSSR count). The largest absolute Gasteiger partial charge is 0.394 e.